The number of anilines is 1. The summed E-state index contributed by atoms with van der Waals surface area (Å²) in [6, 6.07) is 0. The van der Waals surface area contributed by atoms with Gasteiger partial charge in [0.1, 0.15) is 12.1 Å². The molecule has 0 spiro atoms. The van der Waals surface area contributed by atoms with E-state index in [1.165, 1.54) is 6.33 Å². The van der Waals surface area contributed by atoms with Crippen molar-refractivity contribution in [2.75, 3.05) is 17.8 Å². The van der Waals surface area contributed by atoms with Crippen LogP contribution in [0.1, 0.15) is 13.8 Å². The molecule has 0 aliphatic carbocycles. The largest absolute Gasteiger partial charge is 0.352 e. The van der Waals surface area contributed by atoms with Crippen LogP contribution in [0.4, 0.5) is 5.82 Å². The fourth-order valence-electron chi connectivity index (χ4n) is 0.929. The van der Waals surface area contributed by atoms with Crippen LogP contribution < -0.4 is 4.90 Å². The summed E-state index contributed by atoms with van der Waals surface area (Å²) < 4.78 is 0.876. The molecule has 0 amide bonds. The number of alkyl halides is 1. The van der Waals surface area contributed by atoms with Crippen molar-refractivity contribution in [3.8, 4) is 0 Å². The second-order valence-corrected chi connectivity index (χ2v) is 4.82. The van der Waals surface area contributed by atoms with E-state index in [9.17, 15) is 0 Å². The minimum atomic E-state index is -0.127. The first kappa shape index (κ1) is 11.7. The zero-order valence-corrected chi connectivity index (χ0v) is 10.8. The molecule has 0 aromatic carbocycles. The Kier molecular flexibility index (Phi) is 3.72. The molecule has 1 aromatic heterocycles. The summed E-state index contributed by atoms with van der Waals surface area (Å²) in [6.07, 6.45) is 3.25. The zero-order chi connectivity index (χ0) is 10.8. The highest BCUT2D eigenvalue weighted by molar-refractivity contribution is 9.10. The predicted octanol–water partition coefficient (Wildman–Crippen LogP) is 2.69. The van der Waals surface area contributed by atoms with Gasteiger partial charge in [0.15, 0.2) is 0 Å². The molecule has 5 heteroatoms. The number of aromatic nitrogens is 2. The van der Waals surface area contributed by atoms with Crippen LogP contribution in [0.5, 0.6) is 0 Å². The van der Waals surface area contributed by atoms with E-state index in [0.717, 1.165) is 10.3 Å². The van der Waals surface area contributed by atoms with Crippen LogP contribution in [0, 0.1) is 0 Å². The van der Waals surface area contributed by atoms with E-state index >= 15 is 0 Å². The Bertz CT molecular complexity index is 317. The van der Waals surface area contributed by atoms with E-state index in [1.807, 2.05) is 11.9 Å². The van der Waals surface area contributed by atoms with Crippen molar-refractivity contribution in [3.63, 3.8) is 0 Å². The molecule has 0 radical (unpaired) electrons. The molecular weight excluding hydrogens is 265 g/mol. The SMILES string of the molecule is CN(c1ncncc1Br)C(C)(C)CCl. The molecule has 0 unspecified atom stereocenters. The van der Waals surface area contributed by atoms with E-state index in [4.69, 9.17) is 11.6 Å². The third kappa shape index (κ3) is 2.36. The van der Waals surface area contributed by atoms with Crippen molar-refractivity contribution in [3.05, 3.63) is 17.0 Å². The Balaban J connectivity index is 3.00. The number of rotatable bonds is 3. The molecule has 0 saturated carbocycles. The van der Waals surface area contributed by atoms with Gasteiger partial charge in [0.2, 0.25) is 0 Å². The van der Waals surface area contributed by atoms with Gasteiger partial charge in [-0.2, -0.15) is 0 Å². The van der Waals surface area contributed by atoms with E-state index in [2.05, 4.69) is 39.7 Å². The Morgan fingerprint density at radius 2 is 2.21 bits per heavy atom. The molecule has 0 saturated heterocycles. The molecule has 1 heterocycles. The smallest absolute Gasteiger partial charge is 0.146 e. The normalized spacial score (nSPS) is 11.5. The number of halogens is 2. The van der Waals surface area contributed by atoms with E-state index in [0.29, 0.717) is 5.88 Å². The van der Waals surface area contributed by atoms with E-state index in [-0.39, 0.29) is 5.54 Å². The summed E-state index contributed by atoms with van der Waals surface area (Å²) in [7, 11) is 1.97. The molecule has 0 aliphatic heterocycles. The quantitative estimate of drug-likeness (QED) is 0.796. The molecule has 78 valence electrons. The third-order valence-corrected chi connectivity index (χ3v) is 3.41. The number of nitrogens with zero attached hydrogens (tertiary/aromatic N) is 3. The summed E-state index contributed by atoms with van der Waals surface area (Å²) >= 11 is 9.30. The first-order valence-electron chi connectivity index (χ1n) is 4.24. The first-order chi connectivity index (χ1) is 6.49. The van der Waals surface area contributed by atoms with Crippen LogP contribution >= 0.6 is 27.5 Å². The van der Waals surface area contributed by atoms with Gasteiger partial charge in [-0.3, -0.25) is 0 Å². The molecule has 0 atom stereocenters. The van der Waals surface area contributed by atoms with Gasteiger partial charge in [-0.05, 0) is 29.8 Å². The molecule has 3 nitrogen and oxygen atoms in total. The zero-order valence-electron chi connectivity index (χ0n) is 8.46. The van der Waals surface area contributed by atoms with Crippen LogP contribution in [0.15, 0.2) is 17.0 Å². The van der Waals surface area contributed by atoms with Gasteiger partial charge in [-0.25, -0.2) is 9.97 Å². The van der Waals surface area contributed by atoms with Gasteiger partial charge in [0.25, 0.3) is 0 Å². The minimum Gasteiger partial charge on any atom is -0.352 e. The maximum Gasteiger partial charge on any atom is 0.146 e. The van der Waals surface area contributed by atoms with Crippen molar-refractivity contribution in [2.24, 2.45) is 0 Å². The van der Waals surface area contributed by atoms with Gasteiger partial charge >= 0.3 is 0 Å². The Morgan fingerprint density at radius 3 is 2.71 bits per heavy atom. The minimum absolute atomic E-state index is 0.127. The molecule has 0 fully saturated rings. The first-order valence-corrected chi connectivity index (χ1v) is 5.57. The summed E-state index contributed by atoms with van der Waals surface area (Å²) in [6.45, 7) is 4.13. The van der Waals surface area contributed by atoms with Gasteiger partial charge in [0, 0.05) is 24.7 Å². The average molecular weight is 279 g/mol. The average Bonchev–Trinajstić information content (AvgIpc) is 2.17. The molecule has 0 N–H and O–H groups in total. The molecule has 0 aliphatic rings. The lowest BCUT2D eigenvalue weighted by Gasteiger charge is -2.35. The molecule has 14 heavy (non-hydrogen) atoms. The second kappa shape index (κ2) is 4.45. The number of hydrogen-bond donors (Lipinski definition) is 0. The standard InChI is InChI=1S/C9H13BrClN3/c1-9(2,5-11)14(3)8-7(10)4-12-6-13-8/h4,6H,5H2,1-3H3. The lowest BCUT2D eigenvalue weighted by molar-refractivity contribution is 0.539. The Hall–Kier alpha value is -0.350. The van der Waals surface area contributed by atoms with Crippen LogP contribution in [-0.4, -0.2) is 28.4 Å². The van der Waals surface area contributed by atoms with Crippen LogP contribution in [0.25, 0.3) is 0 Å². The van der Waals surface area contributed by atoms with Crippen molar-refractivity contribution < 1.29 is 0 Å². The summed E-state index contributed by atoms with van der Waals surface area (Å²) in [5, 5.41) is 0. The highest BCUT2D eigenvalue weighted by Crippen LogP contribution is 2.27. The maximum atomic E-state index is 5.89. The summed E-state index contributed by atoms with van der Waals surface area (Å²) in [4.78, 5) is 10.2. The van der Waals surface area contributed by atoms with E-state index < -0.39 is 0 Å². The molecule has 1 aromatic rings. The van der Waals surface area contributed by atoms with Crippen LogP contribution in [-0.2, 0) is 0 Å². The molecule has 0 bridgehead atoms. The predicted molar refractivity (Wildman–Crippen MR) is 62.9 cm³/mol. The monoisotopic (exact) mass is 277 g/mol. The second-order valence-electron chi connectivity index (χ2n) is 3.70. The van der Waals surface area contributed by atoms with Crippen molar-refractivity contribution >= 4 is 33.3 Å². The van der Waals surface area contributed by atoms with Gasteiger partial charge in [-0.15, -0.1) is 11.6 Å². The molecular formula is C9H13BrClN3. The van der Waals surface area contributed by atoms with E-state index in [1.54, 1.807) is 6.20 Å². The van der Waals surface area contributed by atoms with Crippen molar-refractivity contribution in [1.82, 2.24) is 9.97 Å². The van der Waals surface area contributed by atoms with Gasteiger partial charge < -0.3 is 4.90 Å². The van der Waals surface area contributed by atoms with Gasteiger partial charge in [-0.1, -0.05) is 0 Å². The summed E-state index contributed by atoms with van der Waals surface area (Å²) in [5.74, 6) is 1.39. The third-order valence-electron chi connectivity index (χ3n) is 2.20. The fourth-order valence-corrected chi connectivity index (χ4v) is 1.60. The Morgan fingerprint density at radius 1 is 1.57 bits per heavy atom. The Labute approximate surface area is 97.6 Å². The highest BCUT2D eigenvalue weighted by Gasteiger charge is 2.24. The summed E-state index contributed by atoms with van der Waals surface area (Å²) in [5.41, 5.74) is -0.127. The van der Waals surface area contributed by atoms with Gasteiger partial charge in [0.05, 0.1) is 4.47 Å². The van der Waals surface area contributed by atoms with Crippen molar-refractivity contribution in [2.45, 2.75) is 19.4 Å². The highest BCUT2D eigenvalue weighted by atomic mass is 79.9. The maximum absolute atomic E-state index is 5.89. The lowest BCUT2D eigenvalue weighted by Crippen LogP contribution is -2.43. The lowest BCUT2D eigenvalue weighted by atomic mass is 10.1. The molecule has 1 rings (SSSR count). The van der Waals surface area contributed by atoms with Crippen LogP contribution in [0.3, 0.4) is 0 Å². The topological polar surface area (TPSA) is 29.0 Å². The fraction of sp³-hybridized carbons (Fsp3) is 0.556. The number of hydrogen-bond acceptors (Lipinski definition) is 3. The van der Waals surface area contributed by atoms with Crippen molar-refractivity contribution in [1.29, 1.82) is 0 Å². The van der Waals surface area contributed by atoms with Crippen LogP contribution in [0.2, 0.25) is 0 Å².